The first-order chi connectivity index (χ1) is 13.3. The fourth-order valence-corrected chi connectivity index (χ4v) is 3.19. The number of rotatable bonds is 8. The first-order valence-corrected chi connectivity index (χ1v) is 9.48. The highest BCUT2D eigenvalue weighted by molar-refractivity contribution is 5.76. The van der Waals surface area contributed by atoms with Crippen molar-refractivity contribution in [2.45, 2.75) is 44.7 Å². The maximum atomic E-state index is 12.7. The number of amides is 1. The average molecular weight is 361 g/mol. The molecule has 0 bridgehead atoms. The Bertz CT molecular complexity index is 873. The summed E-state index contributed by atoms with van der Waals surface area (Å²) >= 11 is 0. The lowest BCUT2D eigenvalue weighted by molar-refractivity contribution is -0.132. The molecule has 0 N–H and O–H groups in total. The number of nitrogens with zero attached hydrogens (tertiary/aromatic N) is 3. The van der Waals surface area contributed by atoms with E-state index >= 15 is 0 Å². The predicted molar refractivity (Wildman–Crippen MR) is 103 cm³/mol. The lowest BCUT2D eigenvalue weighted by Gasteiger charge is -2.22. The molecule has 0 atom stereocenters. The molecule has 1 aromatic carbocycles. The van der Waals surface area contributed by atoms with Crippen LogP contribution in [0.25, 0.3) is 11.3 Å². The van der Waals surface area contributed by atoms with Crippen molar-refractivity contribution in [3.63, 3.8) is 0 Å². The zero-order valence-corrected chi connectivity index (χ0v) is 15.3. The van der Waals surface area contributed by atoms with Crippen molar-refractivity contribution < 1.29 is 9.21 Å². The fraction of sp³-hybridized carbons (Fsp3) is 0.318. The highest BCUT2D eigenvalue weighted by Gasteiger charge is 2.32. The highest BCUT2D eigenvalue weighted by atomic mass is 16.4. The molecule has 0 unspecified atom stereocenters. The van der Waals surface area contributed by atoms with Crippen LogP contribution in [0.2, 0.25) is 0 Å². The van der Waals surface area contributed by atoms with Crippen LogP contribution in [0.5, 0.6) is 0 Å². The Hall–Kier alpha value is -2.95. The van der Waals surface area contributed by atoms with Gasteiger partial charge in [-0.3, -0.25) is 9.78 Å². The Morgan fingerprint density at radius 2 is 1.89 bits per heavy atom. The molecule has 0 radical (unpaired) electrons. The molecule has 1 aliphatic carbocycles. The minimum atomic E-state index is 0.212. The van der Waals surface area contributed by atoms with E-state index in [1.165, 1.54) is 0 Å². The molecule has 1 amide bonds. The van der Waals surface area contributed by atoms with E-state index in [4.69, 9.17) is 4.42 Å². The fourth-order valence-electron chi connectivity index (χ4n) is 3.19. The molecule has 2 heterocycles. The Kier molecular flexibility index (Phi) is 5.28. The molecule has 1 saturated carbocycles. The Balaban J connectivity index is 1.30. The summed E-state index contributed by atoms with van der Waals surface area (Å²) in [5, 5.41) is 0. The molecule has 0 aliphatic heterocycles. The number of aromatic nitrogens is 2. The van der Waals surface area contributed by atoms with Crippen LogP contribution in [0.15, 0.2) is 65.5 Å². The summed E-state index contributed by atoms with van der Waals surface area (Å²) in [7, 11) is 0. The van der Waals surface area contributed by atoms with E-state index in [0.717, 1.165) is 36.1 Å². The molecule has 1 aliphatic rings. The molecular formula is C22H23N3O2. The van der Waals surface area contributed by atoms with Gasteiger partial charge in [-0.2, -0.15) is 0 Å². The van der Waals surface area contributed by atoms with Crippen molar-refractivity contribution in [1.29, 1.82) is 0 Å². The molecule has 5 heteroatoms. The third-order valence-electron chi connectivity index (χ3n) is 4.80. The molecule has 3 aromatic rings. The molecular weight excluding hydrogens is 338 g/mol. The molecule has 2 aromatic heterocycles. The number of carbonyl (C=O) groups excluding carboxylic acids is 1. The van der Waals surface area contributed by atoms with E-state index in [-0.39, 0.29) is 5.91 Å². The number of hydrogen-bond acceptors (Lipinski definition) is 4. The molecule has 138 valence electrons. The van der Waals surface area contributed by atoms with Crippen molar-refractivity contribution in [3.05, 3.63) is 72.5 Å². The Morgan fingerprint density at radius 1 is 1.11 bits per heavy atom. The van der Waals surface area contributed by atoms with Gasteiger partial charge in [-0.1, -0.05) is 30.3 Å². The van der Waals surface area contributed by atoms with Crippen LogP contribution in [-0.4, -0.2) is 26.8 Å². The summed E-state index contributed by atoms with van der Waals surface area (Å²) in [5.41, 5.74) is 2.15. The lowest BCUT2D eigenvalue weighted by Crippen LogP contribution is -2.32. The summed E-state index contributed by atoms with van der Waals surface area (Å²) in [4.78, 5) is 23.1. The minimum Gasteiger partial charge on any atom is -0.441 e. The maximum absolute atomic E-state index is 12.7. The van der Waals surface area contributed by atoms with Crippen LogP contribution in [0.1, 0.15) is 37.1 Å². The summed E-state index contributed by atoms with van der Waals surface area (Å²) < 4.78 is 5.82. The van der Waals surface area contributed by atoms with E-state index < -0.39 is 0 Å². The van der Waals surface area contributed by atoms with Gasteiger partial charge in [0.15, 0.2) is 11.7 Å². The highest BCUT2D eigenvalue weighted by Crippen LogP contribution is 2.29. The second-order valence-corrected chi connectivity index (χ2v) is 6.95. The van der Waals surface area contributed by atoms with Crippen LogP contribution in [0.3, 0.4) is 0 Å². The monoisotopic (exact) mass is 361 g/mol. The number of carbonyl (C=O) groups is 1. The second-order valence-electron chi connectivity index (χ2n) is 6.95. The summed E-state index contributed by atoms with van der Waals surface area (Å²) in [6.45, 7) is 0.670. The zero-order chi connectivity index (χ0) is 18.5. The maximum Gasteiger partial charge on any atom is 0.223 e. The van der Waals surface area contributed by atoms with Gasteiger partial charge in [0.05, 0.1) is 6.20 Å². The number of hydrogen-bond donors (Lipinski definition) is 0. The van der Waals surface area contributed by atoms with Gasteiger partial charge in [0.2, 0.25) is 5.91 Å². The largest absolute Gasteiger partial charge is 0.441 e. The number of pyridine rings is 1. The van der Waals surface area contributed by atoms with Gasteiger partial charge in [0, 0.05) is 43.4 Å². The molecule has 0 spiro atoms. The van der Waals surface area contributed by atoms with Crippen molar-refractivity contribution in [2.24, 2.45) is 0 Å². The van der Waals surface area contributed by atoms with Crippen molar-refractivity contribution in [3.8, 4) is 11.3 Å². The zero-order valence-electron chi connectivity index (χ0n) is 15.3. The first kappa shape index (κ1) is 17.5. The van der Waals surface area contributed by atoms with Crippen LogP contribution in [-0.2, 0) is 17.8 Å². The average Bonchev–Trinajstić information content (AvgIpc) is 3.45. The minimum absolute atomic E-state index is 0.212. The van der Waals surface area contributed by atoms with Gasteiger partial charge in [-0.15, -0.1) is 0 Å². The van der Waals surface area contributed by atoms with E-state index in [9.17, 15) is 4.79 Å². The van der Waals surface area contributed by atoms with Gasteiger partial charge in [-0.25, -0.2) is 4.98 Å². The van der Waals surface area contributed by atoms with E-state index in [1.807, 2.05) is 47.4 Å². The topological polar surface area (TPSA) is 59.2 Å². The standard InChI is InChI=1S/C22H23N3O2/c26-22(25(19-9-10-19)16-17-11-13-23-14-12-17)8-4-7-21-24-15-20(27-21)18-5-2-1-3-6-18/h1-3,5-6,11-15,19H,4,7-10,16H2. The van der Waals surface area contributed by atoms with Gasteiger partial charge in [0.1, 0.15) is 0 Å². The van der Waals surface area contributed by atoms with Crippen molar-refractivity contribution in [1.82, 2.24) is 14.9 Å². The van der Waals surface area contributed by atoms with Crippen LogP contribution >= 0.6 is 0 Å². The first-order valence-electron chi connectivity index (χ1n) is 9.48. The summed E-state index contributed by atoms with van der Waals surface area (Å²) in [6.07, 6.45) is 9.46. The quantitative estimate of drug-likeness (QED) is 0.602. The van der Waals surface area contributed by atoms with Gasteiger partial charge < -0.3 is 9.32 Å². The van der Waals surface area contributed by atoms with Crippen LogP contribution < -0.4 is 0 Å². The Labute approximate surface area is 159 Å². The van der Waals surface area contributed by atoms with Gasteiger partial charge in [0.25, 0.3) is 0 Å². The summed E-state index contributed by atoms with van der Waals surface area (Å²) in [6, 6.07) is 14.3. The Morgan fingerprint density at radius 3 is 2.63 bits per heavy atom. The molecule has 4 rings (SSSR count). The van der Waals surface area contributed by atoms with E-state index in [0.29, 0.717) is 31.3 Å². The van der Waals surface area contributed by atoms with Gasteiger partial charge in [-0.05, 0) is 37.0 Å². The number of benzene rings is 1. The predicted octanol–water partition coefficient (Wildman–Crippen LogP) is 4.25. The molecule has 1 fully saturated rings. The van der Waals surface area contributed by atoms with Crippen LogP contribution in [0.4, 0.5) is 0 Å². The molecule has 27 heavy (non-hydrogen) atoms. The van der Waals surface area contributed by atoms with Crippen molar-refractivity contribution in [2.75, 3.05) is 0 Å². The molecule has 5 nitrogen and oxygen atoms in total. The summed E-state index contributed by atoms with van der Waals surface area (Å²) in [5.74, 6) is 1.67. The van der Waals surface area contributed by atoms with Crippen molar-refractivity contribution >= 4 is 5.91 Å². The smallest absolute Gasteiger partial charge is 0.223 e. The molecule has 0 saturated heterocycles. The third-order valence-corrected chi connectivity index (χ3v) is 4.80. The SMILES string of the molecule is O=C(CCCc1ncc(-c2ccccc2)o1)N(Cc1ccncc1)C1CC1. The normalized spacial score (nSPS) is 13.5. The van der Waals surface area contributed by atoms with E-state index in [1.54, 1.807) is 18.6 Å². The lowest BCUT2D eigenvalue weighted by atomic mass is 10.2. The third kappa shape index (κ3) is 4.61. The van der Waals surface area contributed by atoms with Gasteiger partial charge >= 0.3 is 0 Å². The van der Waals surface area contributed by atoms with Crippen LogP contribution in [0, 0.1) is 0 Å². The second kappa shape index (κ2) is 8.16. The number of aryl methyl sites for hydroxylation is 1. The number of oxazole rings is 1. The van der Waals surface area contributed by atoms with E-state index in [2.05, 4.69) is 9.97 Å².